The molecule has 0 radical (unpaired) electrons. The van der Waals surface area contributed by atoms with Crippen LogP contribution >= 0.6 is 0 Å². The zero-order chi connectivity index (χ0) is 13.7. The Morgan fingerprint density at radius 3 is 3.05 bits per heavy atom. The van der Waals surface area contributed by atoms with Crippen LogP contribution in [0.2, 0.25) is 0 Å². The molecule has 5 nitrogen and oxygen atoms in total. The predicted molar refractivity (Wildman–Crippen MR) is 76.6 cm³/mol. The Morgan fingerprint density at radius 2 is 2.32 bits per heavy atom. The standard InChI is InChI=1S/C14H24N4O/c1-4-18-7-5-6-12(18)9-15-13-8-14(17-10-16-13)19-11(2)3/h8,10-12H,4-7,9H2,1-3H3,(H,15,16,17). The van der Waals surface area contributed by atoms with Crippen molar-refractivity contribution >= 4 is 5.82 Å². The van der Waals surface area contributed by atoms with Crippen LogP contribution in [0, 0.1) is 0 Å². The average Bonchev–Trinajstić information content (AvgIpc) is 2.83. The Hall–Kier alpha value is -1.36. The van der Waals surface area contributed by atoms with Crippen LogP contribution in [0.1, 0.15) is 33.6 Å². The fourth-order valence-corrected chi connectivity index (χ4v) is 2.51. The third-order valence-corrected chi connectivity index (χ3v) is 3.42. The Morgan fingerprint density at radius 1 is 1.47 bits per heavy atom. The average molecular weight is 264 g/mol. The maximum Gasteiger partial charge on any atom is 0.218 e. The summed E-state index contributed by atoms with van der Waals surface area (Å²) in [5, 5.41) is 3.39. The van der Waals surface area contributed by atoms with Crippen LogP contribution in [0.4, 0.5) is 5.82 Å². The first kappa shape index (κ1) is 14.1. The molecule has 19 heavy (non-hydrogen) atoms. The van der Waals surface area contributed by atoms with Crippen LogP contribution in [0.5, 0.6) is 5.88 Å². The van der Waals surface area contributed by atoms with Gasteiger partial charge in [0.05, 0.1) is 6.10 Å². The molecule has 1 N–H and O–H groups in total. The molecule has 2 heterocycles. The molecule has 0 aromatic carbocycles. The number of ether oxygens (including phenoxy) is 1. The lowest BCUT2D eigenvalue weighted by atomic mass is 10.2. The van der Waals surface area contributed by atoms with E-state index in [0.717, 1.165) is 18.9 Å². The number of nitrogens with one attached hydrogen (secondary N) is 1. The topological polar surface area (TPSA) is 50.3 Å². The zero-order valence-electron chi connectivity index (χ0n) is 12.1. The van der Waals surface area contributed by atoms with Gasteiger partial charge in [-0.1, -0.05) is 6.92 Å². The minimum atomic E-state index is 0.133. The fraction of sp³-hybridized carbons (Fsp3) is 0.714. The smallest absolute Gasteiger partial charge is 0.218 e. The van der Waals surface area contributed by atoms with Crippen LogP contribution in [-0.2, 0) is 0 Å². The summed E-state index contributed by atoms with van der Waals surface area (Å²) in [6, 6.07) is 2.49. The van der Waals surface area contributed by atoms with Crippen molar-refractivity contribution in [2.24, 2.45) is 0 Å². The van der Waals surface area contributed by atoms with Gasteiger partial charge in [-0.2, -0.15) is 0 Å². The molecular weight excluding hydrogens is 240 g/mol. The number of aromatic nitrogens is 2. The molecule has 0 amide bonds. The fourth-order valence-electron chi connectivity index (χ4n) is 2.51. The summed E-state index contributed by atoms with van der Waals surface area (Å²) < 4.78 is 5.57. The highest BCUT2D eigenvalue weighted by Gasteiger charge is 2.22. The first-order valence-electron chi connectivity index (χ1n) is 7.15. The van der Waals surface area contributed by atoms with Crippen molar-refractivity contribution in [1.82, 2.24) is 14.9 Å². The SMILES string of the molecule is CCN1CCCC1CNc1cc(OC(C)C)ncn1. The molecular formula is C14H24N4O. The van der Waals surface area contributed by atoms with Gasteiger partial charge >= 0.3 is 0 Å². The number of rotatable bonds is 6. The first-order chi connectivity index (χ1) is 9.19. The van der Waals surface area contributed by atoms with Crippen LogP contribution < -0.4 is 10.1 Å². The molecule has 1 fully saturated rings. The molecule has 1 aliphatic heterocycles. The molecule has 0 aliphatic carbocycles. The van der Waals surface area contributed by atoms with E-state index in [0.29, 0.717) is 11.9 Å². The van der Waals surface area contributed by atoms with Crippen molar-refractivity contribution in [2.75, 3.05) is 25.0 Å². The van der Waals surface area contributed by atoms with Crippen molar-refractivity contribution in [3.05, 3.63) is 12.4 Å². The molecule has 2 rings (SSSR count). The van der Waals surface area contributed by atoms with Crippen LogP contribution in [-0.4, -0.2) is 46.6 Å². The summed E-state index contributed by atoms with van der Waals surface area (Å²) in [7, 11) is 0. The summed E-state index contributed by atoms with van der Waals surface area (Å²) in [5.74, 6) is 1.47. The van der Waals surface area contributed by atoms with Crippen molar-refractivity contribution in [1.29, 1.82) is 0 Å². The molecule has 0 saturated carbocycles. The van der Waals surface area contributed by atoms with Gasteiger partial charge in [-0.25, -0.2) is 9.97 Å². The van der Waals surface area contributed by atoms with Gasteiger partial charge in [-0.15, -0.1) is 0 Å². The molecule has 5 heteroatoms. The summed E-state index contributed by atoms with van der Waals surface area (Å²) in [6.07, 6.45) is 4.24. The van der Waals surface area contributed by atoms with E-state index < -0.39 is 0 Å². The Kier molecular flexibility index (Phi) is 4.96. The van der Waals surface area contributed by atoms with Crippen LogP contribution in [0.15, 0.2) is 12.4 Å². The molecule has 0 bridgehead atoms. The third-order valence-electron chi connectivity index (χ3n) is 3.42. The minimum absolute atomic E-state index is 0.133. The maximum atomic E-state index is 5.57. The highest BCUT2D eigenvalue weighted by atomic mass is 16.5. The molecule has 1 saturated heterocycles. The highest BCUT2D eigenvalue weighted by Crippen LogP contribution is 2.18. The number of hydrogen-bond donors (Lipinski definition) is 1. The number of nitrogens with zero attached hydrogens (tertiary/aromatic N) is 3. The third kappa shape index (κ3) is 4.06. The summed E-state index contributed by atoms with van der Waals surface area (Å²) >= 11 is 0. The highest BCUT2D eigenvalue weighted by molar-refractivity contribution is 5.37. The van der Waals surface area contributed by atoms with Crippen molar-refractivity contribution < 1.29 is 4.74 Å². The second-order valence-electron chi connectivity index (χ2n) is 5.21. The molecule has 1 aromatic rings. The Labute approximate surface area is 115 Å². The summed E-state index contributed by atoms with van der Waals surface area (Å²) in [5.41, 5.74) is 0. The van der Waals surface area contributed by atoms with E-state index in [4.69, 9.17) is 4.74 Å². The second kappa shape index (κ2) is 6.70. The van der Waals surface area contributed by atoms with Gasteiger partial charge in [-0.05, 0) is 39.8 Å². The number of likely N-dealkylation sites (N-methyl/N-ethyl adjacent to an activating group) is 1. The molecule has 1 atom stereocenters. The van der Waals surface area contributed by atoms with Crippen molar-refractivity contribution in [3.63, 3.8) is 0 Å². The molecule has 0 spiro atoms. The lowest BCUT2D eigenvalue weighted by Crippen LogP contribution is -2.34. The predicted octanol–water partition coefficient (Wildman–Crippen LogP) is 2.16. The molecule has 1 unspecified atom stereocenters. The largest absolute Gasteiger partial charge is 0.475 e. The molecule has 106 valence electrons. The summed E-state index contributed by atoms with van der Waals surface area (Å²) in [6.45, 7) is 9.48. The second-order valence-corrected chi connectivity index (χ2v) is 5.21. The van der Waals surface area contributed by atoms with Crippen LogP contribution in [0.3, 0.4) is 0 Å². The van der Waals surface area contributed by atoms with E-state index in [-0.39, 0.29) is 6.10 Å². The van der Waals surface area contributed by atoms with Gasteiger partial charge in [0.25, 0.3) is 0 Å². The monoisotopic (exact) mass is 264 g/mol. The maximum absolute atomic E-state index is 5.57. The Balaban J connectivity index is 1.88. The van der Waals surface area contributed by atoms with E-state index in [1.54, 1.807) is 6.33 Å². The minimum Gasteiger partial charge on any atom is -0.475 e. The number of likely N-dealkylation sites (tertiary alicyclic amines) is 1. The number of anilines is 1. The van der Waals surface area contributed by atoms with Gasteiger partial charge < -0.3 is 10.1 Å². The molecule has 1 aromatic heterocycles. The van der Waals surface area contributed by atoms with Crippen LogP contribution in [0.25, 0.3) is 0 Å². The quantitative estimate of drug-likeness (QED) is 0.853. The molecule has 1 aliphatic rings. The van der Waals surface area contributed by atoms with Gasteiger partial charge in [0.2, 0.25) is 5.88 Å². The first-order valence-corrected chi connectivity index (χ1v) is 7.15. The van der Waals surface area contributed by atoms with E-state index in [1.807, 2.05) is 19.9 Å². The van der Waals surface area contributed by atoms with E-state index in [2.05, 4.69) is 27.1 Å². The van der Waals surface area contributed by atoms with E-state index in [9.17, 15) is 0 Å². The Bertz CT molecular complexity index is 397. The lowest BCUT2D eigenvalue weighted by molar-refractivity contribution is 0.232. The number of hydrogen-bond acceptors (Lipinski definition) is 5. The zero-order valence-corrected chi connectivity index (χ0v) is 12.1. The van der Waals surface area contributed by atoms with E-state index >= 15 is 0 Å². The normalized spacial score (nSPS) is 19.9. The van der Waals surface area contributed by atoms with E-state index in [1.165, 1.54) is 19.4 Å². The van der Waals surface area contributed by atoms with Crippen molar-refractivity contribution in [2.45, 2.75) is 45.8 Å². The van der Waals surface area contributed by atoms with Crippen molar-refractivity contribution in [3.8, 4) is 5.88 Å². The summed E-state index contributed by atoms with van der Waals surface area (Å²) in [4.78, 5) is 10.9. The van der Waals surface area contributed by atoms with Gasteiger partial charge in [0.15, 0.2) is 0 Å². The lowest BCUT2D eigenvalue weighted by Gasteiger charge is -2.23. The van der Waals surface area contributed by atoms with Gasteiger partial charge in [-0.3, -0.25) is 4.90 Å². The van der Waals surface area contributed by atoms with Gasteiger partial charge in [0, 0.05) is 18.7 Å². The van der Waals surface area contributed by atoms with Gasteiger partial charge in [0.1, 0.15) is 12.1 Å².